The Balaban J connectivity index is 1.94. The average Bonchev–Trinajstić information content (AvgIpc) is 3.19. The monoisotopic (exact) mass is 364 g/mol. The van der Waals surface area contributed by atoms with Crippen LogP contribution < -0.4 is 10.6 Å². The Morgan fingerprint density at radius 1 is 1.19 bits per heavy atom. The molecule has 2 rings (SSSR count). The minimum Gasteiger partial charge on any atom is -0.467 e. The van der Waals surface area contributed by atoms with E-state index in [1.54, 1.807) is 12.1 Å². The second-order valence-corrected chi connectivity index (χ2v) is 5.72. The maximum atomic E-state index is 12.3. The van der Waals surface area contributed by atoms with Gasteiger partial charge in [-0.1, -0.05) is 6.92 Å². The third kappa shape index (κ3) is 4.26. The van der Waals surface area contributed by atoms with Gasteiger partial charge >= 0.3 is 17.8 Å². The molecule has 0 bridgehead atoms. The summed E-state index contributed by atoms with van der Waals surface area (Å²) in [5.74, 6) is -2.91. The van der Waals surface area contributed by atoms with Crippen LogP contribution in [-0.4, -0.2) is 58.6 Å². The number of nitrogens with one attached hydrogen (secondary N) is 2. The Bertz CT molecular complexity index is 714. The highest BCUT2D eigenvalue weighted by atomic mass is 16.3. The van der Waals surface area contributed by atoms with Gasteiger partial charge in [0.15, 0.2) is 0 Å². The molecule has 0 radical (unpaired) electrons. The van der Waals surface area contributed by atoms with E-state index >= 15 is 0 Å². The first-order valence-electron chi connectivity index (χ1n) is 8.12. The number of urea groups is 1. The maximum Gasteiger partial charge on any atom is 0.335 e. The first-order chi connectivity index (χ1) is 12.3. The van der Waals surface area contributed by atoms with Gasteiger partial charge in [0.05, 0.1) is 12.8 Å². The van der Waals surface area contributed by atoms with Crippen LogP contribution in [0.1, 0.15) is 26.0 Å². The summed E-state index contributed by atoms with van der Waals surface area (Å²) in [4.78, 5) is 61.2. The van der Waals surface area contributed by atoms with E-state index in [2.05, 4.69) is 10.6 Å². The van der Waals surface area contributed by atoms with E-state index in [0.29, 0.717) is 22.1 Å². The minimum atomic E-state index is -1.10. The van der Waals surface area contributed by atoms with Crippen LogP contribution in [0, 0.1) is 0 Å². The highest BCUT2D eigenvalue weighted by Crippen LogP contribution is 2.16. The van der Waals surface area contributed by atoms with Gasteiger partial charge in [0, 0.05) is 6.54 Å². The number of furan rings is 1. The normalized spacial score (nSPS) is 15.4. The Hall–Kier alpha value is -3.17. The Kier molecular flexibility index (Phi) is 6.10. The van der Waals surface area contributed by atoms with Crippen LogP contribution in [0.4, 0.5) is 4.79 Å². The van der Waals surface area contributed by atoms with Crippen molar-refractivity contribution >= 4 is 29.7 Å². The third-order valence-electron chi connectivity index (χ3n) is 3.65. The highest BCUT2D eigenvalue weighted by Gasteiger charge is 2.45. The van der Waals surface area contributed by atoms with E-state index in [0.717, 1.165) is 6.42 Å². The molecule has 26 heavy (non-hydrogen) atoms. The Morgan fingerprint density at radius 3 is 2.50 bits per heavy atom. The van der Waals surface area contributed by atoms with Gasteiger partial charge in [0.2, 0.25) is 11.8 Å². The van der Waals surface area contributed by atoms with Crippen molar-refractivity contribution < 1.29 is 28.4 Å². The van der Waals surface area contributed by atoms with E-state index in [-0.39, 0.29) is 12.5 Å². The molecule has 1 aromatic rings. The molecule has 1 atom stereocenters. The van der Waals surface area contributed by atoms with Crippen LogP contribution in [0.25, 0.3) is 0 Å². The van der Waals surface area contributed by atoms with Crippen LogP contribution in [0.2, 0.25) is 0 Å². The number of rotatable bonds is 8. The summed E-state index contributed by atoms with van der Waals surface area (Å²) in [6.07, 6.45) is 2.12. The number of carbonyl (C=O) groups is 5. The van der Waals surface area contributed by atoms with Crippen molar-refractivity contribution in [2.45, 2.75) is 32.9 Å². The summed E-state index contributed by atoms with van der Waals surface area (Å²) >= 11 is 0. The van der Waals surface area contributed by atoms with E-state index in [9.17, 15) is 24.0 Å². The van der Waals surface area contributed by atoms with E-state index in [1.807, 2.05) is 6.92 Å². The van der Waals surface area contributed by atoms with Crippen molar-refractivity contribution in [3.63, 3.8) is 0 Å². The van der Waals surface area contributed by atoms with Crippen LogP contribution in [0.3, 0.4) is 0 Å². The molecule has 0 aliphatic carbocycles. The third-order valence-corrected chi connectivity index (χ3v) is 3.65. The van der Waals surface area contributed by atoms with Gasteiger partial charge < -0.3 is 15.1 Å². The van der Waals surface area contributed by atoms with Gasteiger partial charge in [0.1, 0.15) is 18.3 Å². The molecule has 2 N–H and O–H groups in total. The molecule has 1 fully saturated rings. The number of imide groups is 2. The number of amides is 6. The molecule has 0 aromatic carbocycles. The van der Waals surface area contributed by atoms with Gasteiger partial charge in [-0.15, -0.1) is 0 Å². The molecular weight excluding hydrogens is 344 g/mol. The number of nitrogens with zero attached hydrogens (tertiary/aromatic N) is 2. The van der Waals surface area contributed by atoms with Crippen molar-refractivity contribution in [3.8, 4) is 0 Å². The van der Waals surface area contributed by atoms with Gasteiger partial charge in [0.25, 0.3) is 0 Å². The van der Waals surface area contributed by atoms with Crippen LogP contribution in [-0.2, 0) is 25.7 Å². The zero-order chi connectivity index (χ0) is 19.3. The summed E-state index contributed by atoms with van der Waals surface area (Å²) in [5, 5.41) is 5.00. The largest absolute Gasteiger partial charge is 0.467 e. The van der Waals surface area contributed by atoms with Crippen molar-refractivity contribution in [1.82, 2.24) is 20.4 Å². The lowest BCUT2D eigenvalue weighted by molar-refractivity contribution is -0.144. The fourth-order valence-corrected chi connectivity index (χ4v) is 2.29. The molecule has 1 aliphatic rings. The lowest BCUT2D eigenvalue weighted by Crippen LogP contribution is -2.49. The standard InChI is InChI=1S/C16H20N4O6/c1-3-6-17-13(22)10(2)18-12(21)9-20-15(24)14(23)19(16(20)25)8-11-5-4-7-26-11/h4-5,7,10H,3,6,8-9H2,1-2H3,(H,17,22)(H,18,21)/t10-/m0/s1. The average molecular weight is 364 g/mol. The van der Waals surface area contributed by atoms with Gasteiger partial charge in [-0.2, -0.15) is 0 Å². The SMILES string of the molecule is CCCNC(=O)[C@H](C)NC(=O)CN1C(=O)C(=O)N(Cc2ccco2)C1=O. The van der Waals surface area contributed by atoms with E-state index in [4.69, 9.17) is 4.42 Å². The van der Waals surface area contributed by atoms with E-state index in [1.165, 1.54) is 13.2 Å². The van der Waals surface area contributed by atoms with Crippen LogP contribution in [0.5, 0.6) is 0 Å². The molecule has 10 nitrogen and oxygen atoms in total. The molecule has 140 valence electrons. The molecular formula is C16H20N4O6. The fraction of sp³-hybridized carbons (Fsp3) is 0.438. The fourth-order valence-electron chi connectivity index (χ4n) is 2.29. The molecule has 2 heterocycles. The topological polar surface area (TPSA) is 129 Å². The van der Waals surface area contributed by atoms with Crippen LogP contribution >= 0.6 is 0 Å². The van der Waals surface area contributed by atoms with Gasteiger partial charge in [-0.3, -0.25) is 19.2 Å². The predicted octanol–water partition coefficient (Wildman–Crippen LogP) is -0.399. The molecule has 6 amide bonds. The molecule has 1 aliphatic heterocycles. The molecule has 1 saturated heterocycles. The summed E-state index contributed by atoms with van der Waals surface area (Å²) in [7, 11) is 0. The van der Waals surface area contributed by atoms with Crippen molar-refractivity contribution in [3.05, 3.63) is 24.2 Å². The first kappa shape index (κ1) is 19.2. The smallest absolute Gasteiger partial charge is 0.335 e. The van der Waals surface area contributed by atoms with E-state index < -0.39 is 36.3 Å². The number of hydrogen-bond acceptors (Lipinski definition) is 6. The number of hydrogen-bond donors (Lipinski definition) is 2. The number of carbonyl (C=O) groups excluding carboxylic acids is 5. The zero-order valence-electron chi connectivity index (χ0n) is 14.5. The quantitative estimate of drug-likeness (QED) is 0.477. The second-order valence-electron chi connectivity index (χ2n) is 5.72. The summed E-state index contributed by atoms with van der Waals surface area (Å²) < 4.78 is 5.06. The molecule has 0 saturated carbocycles. The molecule has 10 heteroatoms. The molecule has 0 unspecified atom stereocenters. The van der Waals surface area contributed by atoms with Crippen LogP contribution in [0.15, 0.2) is 22.8 Å². The maximum absolute atomic E-state index is 12.3. The highest BCUT2D eigenvalue weighted by molar-refractivity contribution is 6.44. The Labute approximate surface area is 149 Å². The summed E-state index contributed by atoms with van der Waals surface area (Å²) in [6.45, 7) is 2.98. The van der Waals surface area contributed by atoms with Gasteiger partial charge in [-0.05, 0) is 25.5 Å². The summed E-state index contributed by atoms with van der Waals surface area (Å²) in [6, 6.07) is 1.39. The van der Waals surface area contributed by atoms with Crippen molar-refractivity contribution in [1.29, 1.82) is 0 Å². The summed E-state index contributed by atoms with van der Waals surface area (Å²) in [5.41, 5.74) is 0. The predicted molar refractivity (Wildman–Crippen MR) is 87.3 cm³/mol. The zero-order valence-corrected chi connectivity index (χ0v) is 14.5. The van der Waals surface area contributed by atoms with Crippen molar-refractivity contribution in [2.75, 3.05) is 13.1 Å². The lowest BCUT2D eigenvalue weighted by Gasteiger charge is -2.17. The lowest BCUT2D eigenvalue weighted by atomic mass is 10.3. The Morgan fingerprint density at radius 2 is 1.88 bits per heavy atom. The molecule has 0 spiro atoms. The van der Waals surface area contributed by atoms with Gasteiger partial charge in [-0.25, -0.2) is 14.6 Å². The first-order valence-corrected chi connectivity index (χ1v) is 8.12. The van der Waals surface area contributed by atoms with Crippen molar-refractivity contribution in [2.24, 2.45) is 0 Å². The second kappa shape index (κ2) is 8.28. The molecule has 1 aromatic heterocycles. The minimum absolute atomic E-state index is 0.204.